The molecule has 138 valence electrons. The second-order valence-corrected chi connectivity index (χ2v) is 5.99. The van der Waals surface area contributed by atoms with Crippen LogP contribution in [0.1, 0.15) is 29.3 Å². The Balaban J connectivity index is 1.58. The van der Waals surface area contributed by atoms with E-state index in [-0.39, 0.29) is 5.91 Å². The monoisotopic (exact) mass is 362 g/mol. The second-order valence-electron chi connectivity index (χ2n) is 5.99. The number of amides is 1. The molecule has 3 aromatic rings. The highest BCUT2D eigenvalue weighted by atomic mass is 16.5. The fourth-order valence-electron chi connectivity index (χ4n) is 2.46. The molecule has 0 aliphatic carbocycles. The van der Waals surface area contributed by atoms with Gasteiger partial charge in [0.2, 0.25) is 0 Å². The average molecular weight is 362 g/mol. The molecule has 27 heavy (non-hydrogen) atoms. The van der Waals surface area contributed by atoms with Crippen LogP contribution in [0.5, 0.6) is 17.2 Å². The summed E-state index contributed by atoms with van der Waals surface area (Å²) in [4.78, 5) is 16.1. The lowest BCUT2D eigenvalue weighted by molar-refractivity contribution is 0.0950. The molecule has 5 heteroatoms. The lowest BCUT2D eigenvalue weighted by atomic mass is 10.2. The van der Waals surface area contributed by atoms with Crippen molar-refractivity contribution < 1.29 is 14.3 Å². The molecular weight excluding hydrogens is 340 g/mol. The lowest BCUT2D eigenvalue weighted by Gasteiger charge is -2.10. The van der Waals surface area contributed by atoms with Gasteiger partial charge in [-0.2, -0.15) is 0 Å². The Morgan fingerprint density at radius 3 is 2.56 bits per heavy atom. The number of hydrogen-bond donors (Lipinski definition) is 1. The van der Waals surface area contributed by atoms with Crippen LogP contribution in [-0.4, -0.2) is 17.5 Å². The summed E-state index contributed by atoms with van der Waals surface area (Å²) in [5.74, 6) is 2.12. The number of nitrogens with one attached hydrogen (secondary N) is 1. The topological polar surface area (TPSA) is 60.5 Å². The number of nitrogens with zero attached hydrogens (tertiary/aromatic N) is 1. The Morgan fingerprint density at radius 2 is 1.81 bits per heavy atom. The maximum atomic E-state index is 12.1. The van der Waals surface area contributed by atoms with Crippen LogP contribution in [0.3, 0.4) is 0 Å². The Kier molecular flexibility index (Phi) is 6.41. The minimum atomic E-state index is -0.155. The van der Waals surface area contributed by atoms with Crippen LogP contribution in [-0.2, 0) is 6.54 Å². The molecule has 0 saturated carbocycles. The number of hydrogen-bond acceptors (Lipinski definition) is 4. The number of aromatic nitrogens is 1. The normalized spacial score (nSPS) is 10.3. The molecule has 0 unspecified atom stereocenters. The average Bonchev–Trinajstić information content (AvgIpc) is 2.72. The van der Waals surface area contributed by atoms with Crippen molar-refractivity contribution in [2.24, 2.45) is 0 Å². The first-order valence-corrected chi connectivity index (χ1v) is 8.92. The summed E-state index contributed by atoms with van der Waals surface area (Å²) in [5.41, 5.74) is 1.49. The number of carbonyl (C=O) groups is 1. The molecule has 0 bridgehead atoms. The summed E-state index contributed by atoms with van der Waals surface area (Å²) in [6, 6.07) is 18.6. The van der Waals surface area contributed by atoms with Gasteiger partial charge >= 0.3 is 0 Å². The summed E-state index contributed by atoms with van der Waals surface area (Å²) >= 11 is 0. The zero-order chi connectivity index (χ0) is 18.9. The van der Waals surface area contributed by atoms with Gasteiger partial charge in [-0.25, -0.2) is 0 Å². The predicted octanol–water partition coefficient (Wildman–Crippen LogP) is 4.59. The quantitative estimate of drug-likeness (QED) is 0.636. The first kappa shape index (κ1) is 18.5. The van der Waals surface area contributed by atoms with Crippen molar-refractivity contribution >= 4 is 5.91 Å². The zero-order valence-corrected chi connectivity index (χ0v) is 15.2. The molecule has 2 aromatic carbocycles. The largest absolute Gasteiger partial charge is 0.494 e. The maximum Gasteiger partial charge on any atom is 0.253 e. The van der Waals surface area contributed by atoms with E-state index in [1.165, 1.54) is 0 Å². The zero-order valence-electron chi connectivity index (χ0n) is 15.2. The fraction of sp³-hybridized carbons (Fsp3) is 0.182. The van der Waals surface area contributed by atoms with Gasteiger partial charge in [-0.1, -0.05) is 19.1 Å². The Labute approximate surface area is 159 Å². The first-order chi connectivity index (χ1) is 13.2. The number of rotatable bonds is 8. The van der Waals surface area contributed by atoms with Gasteiger partial charge < -0.3 is 14.8 Å². The molecule has 0 atom stereocenters. The second kappa shape index (κ2) is 9.38. The Hall–Kier alpha value is -3.34. The number of carbonyl (C=O) groups excluding carboxylic acids is 1. The Morgan fingerprint density at radius 1 is 1.00 bits per heavy atom. The van der Waals surface area contributed by atoms with Crippen LogP contribution >= 0.6 is 0 Å². The number of ether oxygens (including phenoxy) is 2. The lowest BCUT2D eigenvalue weighted by Crippen LogP contribution is -2.22. The van der Waals surface area contributed by atoms with Crippen LogP contribution in [0, 0.1) is 0 Å². The van der Waals surface area contributed by atoms with E-state index >= 15 is 0 Å². The van der Waals surface area contributed by atoms with E-state index in [0.29, 0.717) is 24.5 Å². The van der Waals surface area contributed by atoms with Gasteiger partial charge in [0.15, 0.2) is 0 Å². The van der Waals surface area contributed by atoms with Crippen molar-refractivity contribution in [2.75, 3.05) is 6.61 Å². The number of benzene rings is 2. The van der Waals surface area contributed by atoms with E-state index in [1.54, 1.807) is 24.5 Å². The maximum absolute atomic E-state index is 12.1. The van der Waals surface area contributed by atoms with Crippen LogP contribution < -0.4 is 14.8 Å². The molecule has 0 fully saturated rings. The molecule has 0 aliphatic rings. The molecule has 3 rings (SSSR count). The molecule has 1 heterocycles. The summed E-state index contributed by atoms with van der Waals surface area (Å²) in [6.45, 7) is 3.19. The third-order valence-corrected chi connectivity index (χ3v) is 3.81. The molecule has 1 aromatic heterocycles. The van der Waals surface area contributed by atoms with Crippen LogP contribution in [0.4, 0.5) is 0 Å². The molecule has 0 spiro atoms. The van der Waals surface area contributed by atoms with E-state index in [4.69, 9.17) is 9.47 Å². The van der Waals surface area contributed by atoms with Crippen molar-refractivity contribution in [3.05, 3.63) is 84.2 Å². The highest BCUT2D eigenvalue weighted by molar-refractivity contribution is 5.93. The first-order valence-electron chi connectivity index (χ1n) is 8.92. The molecule has 0 aliphatic heterocycles. The third-order valence-electron chi connectivity index (χ3n) is 3.81. The van der Waals surface area contributed by atoms with Crippen molar-refractivity contribution in [1.29, 1.82) is 0 Å². The predicted molar refractivity (Wildman–Crippen MR) is 104 cm³/mol. The van der Waals surface area contributed by atoms with E-state index in [9.17, 15) is 4.79 Å². The van der Waals surface area contributed by atoms with Crippen LogP contribution in [0.15, 0.2) is 73.1 Å². The van der Waals surface area contributed by atoms with Crippen LogP contribution in [0.2, 0.25) is 0 Å². The summed E-state index contributed by atoms with van der Waals surface area (Å²) in [7, 11) is 0. The SMILES string of the molecule is CCCOc1ccc(Oc2cccc(CNC(=O)c3cccnc3)c2)cc1. The fourth-order valence-corrected chi connectivity index (χ4v) is 2.46. The molecule has 0 saturated heterocycles. The smallest absolute Gasteiger partial charge is 0.253 e. The molecule has 1 N–H and O–H groups in total. The highest BCUT2D eigenvalue weighted by Crippen LogP contribution is 2.24. The standard InChI is InChI=1S/C22H22N2O3/c1-2-13-26-19-8-10-20(11-9-19)27-21-7-3-5-17(14-21)15-24-22(25)18-6-4-12-23-16-18/h3-12,14,16H,2,13,15H2,1H3,(H,24,25). The molecule has 5 nitrogen and oxygen atoms in total. The summed E-state index contributed by atoms with van der Waals surface area (Å²) in [5, 5.41) is 2.88. The van der Waals surface area contributed by atoms with Crippen molar-refractivity contribution in [3.63, 3.8) is 0 Å². The van der Waals surface area contributed by atoms with E-state index in [0.717, 1.165) is 23.5 Å². The van der Waals surface area contributed by atoms with E-state index in [1.807, 2.05) is 48.5 Å². The van der Waals surface area contributed by atoms with Gasteiger partial charge in [-0.05, 0) is 60.5 Å². The molecule has 1 amide bonds. The van der Waals surface area contributed by atoms with Gasteiger partial charge in [0.1, 0.15) is 17.2 Å². The van der Waals surface area contributed by atoms with Gasteiger partial charge in [0.25, 0.3) is 5.91 Å². The number of pyridine rings is 1. The van der Waals surface area contributed by atoms with E-state index < -0.39 is 0 Å². The van der Waals surface area contributed by atoms with Gasteiger partial charge in [0.05, 0.1) is 12.2 Å². The molecular formula is C22H22N2O3. The van der Waals surface area contributed by atoms with Crippen molar-refractivity contribution in [1.82, 2.24) is 10.3 Å². The minimum absolute atomic E-state index is 0.155. The van der Waals surface area contributed by atoms with Crippen molar-refractivity contribution in [2.45, 2.75) is 19.9 Å². The van der Waals surface area contributed by atoms with Gasteiger partial charge in [0, 0.05) is 18.9 Å². The van der Waals surface area contributed by atoms with Gasteiger partial charge in [-0.15, -0.1) is 0 Å². The van der Waals surface area contributed by atoms with Gasteiger partial charge in [-0.3, -0.25) is 9.78 Å². The minimum Gasteiger partial charge on any atom is -0.494 e. The van der Waals surface area contributed by atoms with Crippen molar-refractivity contribution in [3.8, 4) is 17.2 Å². The summed E-state index contributed by atoms with van der Waals surface area (Å²) in [6.07, 6.45) is 4.16. The van der Waals surface area contributed by atoms with E-state index in [2.05, 4.69) is 17.2 Å². The van der Waals surface area contributed by atoms with Crippen LogP contribution in [0.25, 0.3) is 0 Å². The highest BCUT2D eigenvalue weighted by Gasteiger charge is 2.05. The summed E-state index contributed by atoms with van der Waals surface area (Å²) < 4.78 is 11.5. The Bertz CT molecular complexity index is 864. The third kappa shape index (κ3) is 5.57. The molecule has 0 radical (unpaired) electrons.